The van der Waals surface area contributed by atoms with Gasteiger partial charge >= 0.3 is 6.09 Å². The third-order valence-electron chi connectivity index (χ3n) is 6.95. The summed E-state index contributed by atoms with van der Waals surface area (Å²) in [6.45, 7) is 10.1. The van der Waals surface area contributed by atoms with Gasteiger partial charge in [0, 0.05) is 44.5 Å². The van der Waals surface area contributed by atoms with Gasteiger partial charge in [-0.25, -0.2) is 19.2 Å². The molecule has 2 amide bonds. The average Bonchev–Trinajstić information content (AvgIpc) is 2.95. The number of nitrogens with zero attached hydrogens (tertiary/aromatic N) is 4. The number of amides is 2. The van der Waals surface area contributed by atoms with Crippen molar-refractivity contribution in [3.05, 3.63) is 77.7 Å². The summed E-state index contributed by atoms with van der Waals surface area (Å²) < 4.78 is 19.0. The highest BCUT2D eigenvalue weighted by atomic mass is 19.1. The number of carbonyl (C=O) groups is 2. The van der Waals surface area contributed by atoms with Crippen molar-refractivity contribution in [3.63, 3.8) is 0 Å². The highest BCUT2D eigenvalue weighted by Crippen LogP contribution is 2.24. The van der Waals surface area contributed by atoms with Gasteiger partial charge < -0.3 is 19.9 Å². The van der Waals surface area contributed by atoms with E-state index >= 15 is 0 Å². The third kappa shape index (κ3) is 8.74. The van der Waals surface area contributed by atoms with Gasteiger partial charge in [0.2, 0.25) is 11.9 Å². The number of aromatic nitrogens is 2. The van der Waals surface area contributed by atoms with Crippen LogP contribution in [0.25, 0.3) is 11.3 Å². The highest BCUT2D eigenvalue weighted by molar-refractivity contribution is 5.80. The number of benzene rings is 2. The Hall–Kier alpha value is -4.01. The molecule has 0 aliphatic carbocycles. The molecule has 9 heteroatoms. The maximum Gasteiger partial charge on any atom is 0.410 e. The number of ether oxygens (including phenoxy) is 1. The zero-order valence-electron chi connectivity index (χ0n) is 24.4. The molecule has 218 valence electrons. The Morgan fingerprint density at radius 1 is 1.12 bits per heavy atom. The topological polar surface area (TPSA) is 87.7 Å². The predicted molar refractivity (Wildman–Crippen MR) is 158 cm³/mol. The fraction of sp³-hybridized carbons (Fsp3) is 0.438. The van der Waals surface area contributed by atoms with Gasteiger partial charge in [0.1, 0.15) is 11.4 Å². The van der Waals surface area contributed by atoms with Crippen molar-refractivity contribution < 1.29 is 18.7 Å². The zero-order chi connectivity index (χ0) is 29.4. The first-order valence-electron chi connectivity index (χ1n) is 14.3. The molecule has 41 heavy (non-hydrogen) atoms. The second-order valence-corrected chi connectivity index (χ2v) is 11.4. The molecule has 0 bridgehead atoms. The van der Waals surface area contributed by atoms with Crippen LogP contribution in [0, 0.1) is 11.7 Å². The summed E-state index contributed by atoms with van der Waals surface area (Å²) in [5.74, 6) is 0.0623. The van der Waals surface area contributed by atoms with Crippen LogP contribution in [0.1, 0.15) is 51.7 Å². The maximum absolute atomic E-state index is 13.5. The van der Waals surface area contributed by atoms with Crippen LogP contribution in [0.4, 0.5) is 15.1 Å². The van der Waals surface area contributed by atoms with Crippen LogP contribution in [0.15, 0.2) is 60.8 Å². The molecule has 1 saturated heterocycles. The number of anilines is 1. The molecule has 1 aliphatic rings. The molecule has 2 aromatic carbocycles. The summed E-state index contributed by atoms with van der Waals surface area (Å²) in [6, 6.07) is 16.4. The van der Waals surface area contributed by atoms with Gasteiger partial charge in [0.05, 0.1) is 11.6 Å². The molecule has 1 aliphatic heterocycles. The van der Waals surface area contributed by atoms with E-state index in [2.05, 4.69) is 15.3 Å². The summed E-state index contributed by atoms with van der Waals surface area (Å²) in [7, 11) is 0. The largest absolute Gasteiger partial charge is 0.444 e. The van der Waals surface area contributed by atoms with Crippen LogP contribution in [0.2, 0.25) is 0 Å². The molecule has 1 atom stereocenters. The number of nitrogens with one attached hydrogen (secondary N) is 1. The Morgan fingerprint density at radius 2 is 1.90 bits per heavy atom. The fourth-order valence-corrected chi connectivity index (χ4v) is 4.94. The van der Waals surface area contributed by atoms with Crippen molar-refractivity contribution in [2.75, 3.05) is 31.5 Å². The minimum Gasteiger partial charge on any atom is -0.444 e. The van der Waals surface area contributed by atoms with E-state index in [0.717, 1.165) is 35.2 Å². The first-order chi connectivity index (χ1) is 19.6. The van der Waals surface area contributed by atoms with Crippen molar-refractivity contribution in [2.24, 2.45) is 5.92 Å². The molecule has 2 heterocycles. The normalized spacial score (nSPS) is 15.3. The lowest BCUT2D eigenvalue weighted by atomic mass is 9.96. The molecule has 1 aromatic heterocycles. The van der Waals surface area contributed by atoms with E-state index in [0.29, 0.717) is 45.1 Å². The Bertz CT molecular complexity index is 1340. The van der Waals surface area contributed by atoms with Crippen molar-refractivity contribution >= 4 is 17.9 Å². The van der Waals surface area contributed by atoms with Crippen LogP contribution in [-0.2, 0) is 22.5 Å². The van der Waals surface area contributed by atoms with Crippen LogP contribution in [0.3, 0.4) is 0 Å². The predicted octanol–water partition coefficient (Wildman–Crippen LogP) is 5.93. The molecule has 1 N–H and O–H groups in total. The maximum atomic E-state index is 13.5. The van der Waals surface area contributed by atoms with E-state index in [1.54, 1.807) is 17.2 Å². The molecular formula is C32H40FN5O3. The van der Waals surface area contributed by atoms with Gasteiger partial charge in [-0.1, -0.05) is 30.3 Å². The molecule has 8 nitrogen and oxygen atoms in total. The van der Waals surface area contributed by atoms with Gasteiger partial charge in [0.25, 0.3) is 0 Å². The fourth-order valence-electron chi connectivity index (χ4n) is 4.94. The summed E-state index contributed by atoms with van der Waals surface area (Å²) in [4.78, 5) is 38.6. The molecule has 0 spiro atoms. The Kier molecular flexibility index (Phi) is 9.91. The van der Waals surface area contributed by atoms with Crippen molar-refractivity contribution in [1.82, 2.24) is 19.8 Å². The van der Waals surface area contributed by atoms with Crippen LogP contribution in [-0.4, -0.2) is 63.5 Å². The van der Waals surface area contributed by atoms with Gasteiger partial charge in [-0.3, -0.25) is 4.79 Å². The lowest BCUT2D eigenvalue weighted by Crippen LogP contribution is -2.47. The van der Waals surface area contributed by atoms with Crippen LogP contribution >= 0.6 is 0 Å². The smallest absolute Gasteiger partial charge is 0.410 e. The number of carbonyl (C=O) groups excluding carboxylic acids is 2. The molecule has 4 rings (SSSR count). The SMILES string of the molecule is CCN(Cc1cccc(-c2ccnc(NCCc3cccc(F)c3)n2)c1)C(=O)[C@@H]1CCCN(C(=O)OC(C)(C)C)C1. The first-order valence-corrected chi connectivity index (χ1v) is 14.3. The number of halogens is 1. The van der Waals surface area contributed by atoms with Crippen molar-refractivity contribution in [1.29, 1.82) is 0 Å². The number of rotatable bonds is 9. The molecule has 1 fully saturated rings. The summed E-state index contributed by atoms with van der Waals surface area (Å²) in [5, 5.41) is 3.22. The van der Waals surface area contributed by atoms with Crippen LogP contribution in [0.5, 0.6) is 0 Å². The Labute approximate surface area is 241 Å². The minimum atomic E-state index is -0.572. The second-order valence-electron chi connectivity index (χ2n) is 11.4. The average molecular weight is 562 g/mol. The van der Waals surface area contributed by atoms with Gasteiger partial charge in [-0.2, -0.15) is 0 Å². The van der Waals surface area contributed by atoms with Gasteiger partial charge in [-0.05, 0) is 82.3 Å². The number of hydrogen-bond acceptors (Lipinski definition) is 6. The molecule has 3 aromatic rings. The minimum absolute atomic E-state index is 0.0537. The standard InChI is InChI=1S/C32H40FN5O3/c1-5-37(29(39)26-12-8-18-38(22-26)31(40)41-32(2,3)4)21-24-10-6-11-25(19-24)28-15-17-35-30(36-28)34-16-14-23-9-7-13-27(33)20-23/h6-7,9-11,13,15,17,19-20,26H,5,8,12,14,16,18,21-22H2,1-4H3,(H,34,35,36)/t26-/m1/s1. The zero-order valence-corrected chi connectivity index (χ0v) is 24.4. The van der Waals surface area contributed by atoms with Crippen molar-refractivity contribution in [3.8, 4) is 11.3 Å². The molecule has 0 saturated carbocycles. The van der Waals surface area contributed by atoms with Gasteiger partial charge in [0.15, 0.2) is 0 Å². The number of piperidine rings is 1. The third-order valence-corrected chi connectivity index (χ3v) is 6.95. The van der Waals surface area contributed by atoms with E-state index in [1.807, 2.05) is 69.0 Å². The van der Waals surface area contributed by atoms with Crippen molar-refractivity contribution in [2.45, 2.75) is 59.1 Å². The van der Waals surface area contributed by atoms with Crippen LogP contribution < -0.4 is 5.32 Å². The van der Waals surface area contributed by atoms with Gasteiger partial charge in [-0.15, -0.1) is 0 Å². The monoisotopic (exact) mass is 561 g/mol. The summed E-state index contributed by atoms with van der Waals surface area (Å²) >= 11 is 0. The lowest BCUT2D eigenvalue weighted by Gasteiger charge is -2.35. The highest BCUT2D eigenvalue weighted by Gasteiger charge is 2.33. The second kappa shape index (κ2) is 13.6. The molecule has 0 radical (unpaired) electrons. The Balaban J connectivity index is 1.38. The first kappa shape index (κ1) is 30.0. The van der Waals surface area contributed by atoms with E-state index in [4.69, 9.17) is 4.74 Å². The van der Waals surface area contributed by atoms with E-state index < -0.39 is 5.60 Å². The van der Waals surface area contributed by atoms with E-state index in [-0.39, 0.29) is 23.7 Å². The molecular weight excluding hydrogens is 521 g/mol. The number of likely N-dealkylation sites (tertiary alicyclic amines) is 1. The summed E-state index contributed by atoms with van der Waals surface area (Å²) in [5.41, 5.74) is 3.02. The Morgan fingerprint density at radius 3 is 2.66 bits per heavy atom. The molecule has 0 unspecified atom stereocenters. The summed E-state index contributed by atoms with van der Waals surface area (Å²) in [6.07, 6.45) is 3.53. The quantitative estimate of drug-likeness (QED) is 0.348. The number of hydrogen-bond donors (Lipinski definition) is 1. The van der Waals surface area contributed by atoms with E-state index in [1.165, 1.54) is 12.1 Å². The van der Waals surface area contributed by atoms with E-state index in [9.17, 15) is 14.0 Å². The lowest BCUT2D eigenvalue weighted by molar-refractivity contribution is -0.137.